The van der Waals surface area contributed by atoms with Gasteiger partial charge >= 0.3 is 0 Å². The van der Waals surface area contributed by atoms with E-state index < -0.39 is 0 Å². The monoisotopic (exact) mass is 232 g/mol. The van der Waals surface area contributed by atoms with Crippen molar-refractivity contribution in [3.8, 4) is 0 Å². The van der Waals surface area contributed by atoms with Gasteiger partial charge in [-0.3, -0.25) is 0 Å². The molecule has 0 aromatic heterocycles. The lowest BCUT2D eigenvalue weighted by molar-refractivity contribution is 0.415. The summed E-state index contributed by atoms with van der Waals surface area (Å²) in [5.41, 5.74) is 2.88. The summed E-state index contributed by atoms with van der Waals surface area (Å²) in [6.07, 6.45) is 1.21. The molecule has 2 rings (SSSR count). The molecule has 1 aliphatic rings. The van der Waals surface area contributed by atoms with E-state index in [1.54, 1.807) is 0 Å². The molecule has 94 valence electrons. The Hall–Kier alpha value is -1.02. The van der Waals surface area contributed by atoms with E-state index in [9.17, 15) is 0 Å². The normalized spacial score (nSPS) is 24.5. The van der Waals surface area contributed by atoms with Gasteiger partial charge in [0.15, 0.2) is 0 Å². The summed E-state index contributed by atoms with van der Waals surface area (Å²) in [4.78, 5) is 2.53. The minimum atomic E-state index is 0.189. The van der Waals surface area contributed by atoms with Crippen molar-refractivity contribution >= 4 is 5.69 Å². The SMILES string of the molecule is Cc1cccc(N2CC(C)(C)NCCC2C)c1. The molecule has 0 saturated carbocycles. The van der Waals surface area contributed by atoms with Crippen molar-refractivity contribution in [1.29, 1.82) is 0 Å². The van der Waals surface area contributed by atoms with Gasteiger partial charge in [-0.25, -0.2) is 0 Å². The molecule has 1 unspecified atom stereocenters. The highest BCUT2D eigenvalue weighted by Crippen LogP contribution is 2.24. The molecule has 1 aromatic rings. The van der Waals surface area contributed by atoms with Gasteiger partial charge in [-0.05, 0) is 58.4 Å². The molecule has 1 N–H and O–H groups in total. The molecule has 0 spiro atoms. The molecule has 0 aliphatic carbocycles. The number of aryl methyl sites for hydroxylation is 1. The van der Waals surface area contributed by atoms with Gasteiger partial charge in [-0.15, -0.1) is 0 Å². The molecule has 1 fully saturated rings. The Morgan fingerprint density at radius 2 is 2.12 bits per heavy atom. The summed E-state index contributed by atoms with van der Waals surface area (Å²) >= 11 is 0. The maximum absolute atomic E-state index is 3.62. The summed E-state index contributed by atoms with van der Waals surface area (Å²) in [6, 6.07) is 9.44. The number of rotatable bonds is 1. The first kappa shape index (κ1) is 12.4. The molecule has 0 radical (unpaired) electrons. The maximum Gasteiger partial charge on any atom is 0.0371 e. The second kappa shape index (κ2) is 4.69. The van der Waals surface area contributed by atoms with Crippen LogP contribution in [0, 0.1) is 6.92 Å². The molecule has 2 heteroatoms. The van der Waals surface area contributed by atoms with Crippen LogP contribution in [0.25, 0.3) is 0 Å². The van der Waals surface area contributed by atoms with Crippen LogP contribution in [0.3, 0.4) is 0 Å². The highest BCUT2D eigenvalue weighted by Gasteiger charge is 2.27. The highest BCUT2D eigenvalue weighted by molar-refractivity contribution is 5.50. The standard InChI is InChI=1S/C15H24N2/c1-12-6-5-7-14(10-12)17-11-15(3,4)16-9-8-13(17)2/h5-7,10,13,16H,8-9,11H2,1-4H3. The molecule has 0 amide bonds. The molecule has 1 aliphatic heterocycles. The quantitative estimate of drug-likeness (QED) is 0.801. The van der Waals surface area contributed by atoms with E-state index in [0.717, 1.165) is 13.1 Å². The Morgan fingerprint density at radius 3 is 2.82 bits per heavy atom. The minimum absolute atomic E-state index is 0.189. The third-order valence-corrected chi connectivity index (χ3v) is 3.60. The molecule has 1 atom stereocenters. The lowest BCUT2D eigenvalue weighted by Crippen LogP contribution is -2.47. The molecular weight excluding hydrogens is 208 g/mol. The zero-order chi connectivity index (χ0) is 12.5. The fourth-order valence-corrected chi connectivity index (χ4v) is 2.57. The first-order valence-electron chi connectivity index (χ1n) is 6.56. The molecule has 0 bridgehead atoms. The van der Waals surface area contributed by atoms with Gasteiger partial charge in [0.2, 0.25) is 0 Å². The van der Waals surface area contributed by atoms with Crippen molar-refractivity contribution < 1.29 is 0 Å². The lowest BCUT2D eigenvalue weighted by atomic mass is 10.0. The molecule has 17 heavy (non-hydrogen) atoms. The highest BCUT2D eigenvalue weighted by atomic mass is 15.2. The summed E-state index contributed by atoms with van der Waals surface area (Å²) < 4.78 is 0. The fourth-order valence-electron chi connectivity index (χ4n) is 2.57. The molecule has 1 aromatic carbocycles. The zero-order valence-corrected chi connectivity index (χ0v) is 11.5. The van der Waals surface area contributed by atoms with Crippen molar-refractivity contribution in [1.82, 2.24) is 5.32 Å². The summed E-state index contributed by atoms with van der Waals surface area (Å²) in [6.45, 7) is 11.2. The minimum Gasteiger partial charge on any atom is -0.367 e. The molecule has 1 saturated heterocycles. The van der Waals surface area contributed by atoms with Crippen LogP contribution >= 0.6 is 0 Å². The number of hydrogen-bond acceptors (Lipinski definition) is 2. The van der Waals surface area contributed by atoms with Crippen LogP contribution in [0.4, 0.5) is 5.69 Å². The van der Waals surface area contributed by atoms with Crippen LogP contribution in [0.1, 0.15) is 32.8 Å². The Labute approximate surface area is 105 Å². The second-order valence-electron chi connectivity index (χ2n) is 5.92. The Balaban J connectivity index is 2.27. The third kappa shape index (κ3) is 3.01. The van der Waals surface area contributed by atoms with E-state index in [0.29, 0.717) is 6.04 Å². The summed E-state index contributed by atoms with van der Waals surface area (Å²) in [5, 5.41) is 3.62. The van der Waals surface area contributed by atoms with Crippen molar-refractivity contribution in [3.05, 3.63) is 29.8 Å². The van der Waals surface area contributed by atoms with E-state index in [1.807, 2.05) is 0 Å². The largest absolute Gasteiger partial charge is 0.367 e. The van der Waals surface area contributed by atoms with Crippen LogP contribution < -0.4 is 10.2 Å². The predicted molar refractivity (Wildman–Crippen MR) is 74.7 cm³/mol. The van der Waals surface area contributed by atoms with E-state index in [1.165, 1.54) is 17.7 Å². The topological polar surface area (TPSA) is 15.3 Å². The number of nitrogens with one attached hydrogen (secondary N) is 1. The van der Waals surface area contributed by atoms with E-state index in [-0.39, 0.29) is 5.54 Å². The molecule has 1 heterocycles. The smallest absolute Gasteiger partial charge is 0.0371 e. The van der Waals surface area contributed by atoms with E-state index >= 15 is 0 Å². The van der Waals surface area contributed by atoms with Gasteiger partial charge in [0.1, 0.15) is 0 Å². The van der Waals surface area contributed by atoms with Crippen LogP contribution in [0.15, 0.2) is 24.3 Å². The van der Waals surface area contributed by atoms with E-state index in [4.69, 9.17) is 0 Å². The predicted octanol–water partition coefficient (Wildman–Crippen LogP) is 2.96. The van der Waals surface area contributed by atoms with Crippen molar-refractivity contribution in [2.75, 3.05) is 18.0 Å². The van der Waals surface area contributed by atoms with Crippen LogP contribution in [-0.4, -0.2) is 24.7 Å². The Morgan fingerprint density at radius 1 is 1.35 bits per heavy atom. The van der Waals surface area contributed by atoms with Crippen molar-refractivity contribution in [3.63, 3.8) is 0 Å². The van der Waals surface area contributed by atoms with Crippen LogP contribution in [-0.2, 0) is 0 Å². The van der Waals surface area contributed by atoms with Gasteiger partial charge in [0, 0.05) is 23.8 Å². The summed E-state index contributed by atoms with van der Waals surface area (Å²) in [5.74, 6) is 0. The van der Waals surface area contributed by atoms with Gasteiger partial charge in [-0.2, -0.15) is 0 Å². The fraction of sp³-hybridized carbons (Fsp3) is 0.600. The number of anilines is 1. The maximum atomic E-state index is 3.62. The molecule has 2 nitrogen and oxygen atoms in total. The average Bonchev–Trinajstić information content (AvgIpc) is 2.38. The number of benzene rings is 1. The first-order valence-corrected chi connectivity index (χ1v) is 6.56. The van der Waals surface area contributed by atoms with E-state index in [2.05, 4.69) is 62.2 Å². The van der Waals surface area contributed by atoms with Gasteiger partial charge in [0.25, 0.3) is 0 Å². The average molecular weight is 232 g/mol. The Bertz CT molecular complexity index is 384. The first-order chi connectivity index (χ1) is 7.98. The van der Waals surface area contributed by atoms with Crippen LogP contribution in [0.5, 0.6) is 0 Å². The third-order valence-electron chi connectivity index (χ3n) is 3.60. The van der Waals surface area contributed by atoms with Crippen molar-refractivity contribution in [2.24, 2.45) is 0 Å². The summed E-state index contributed by atoms with van der Waals surface area (Å²) in [7, 11) is 0. The van der Waals surface area contributed by atoms with Crippen LogP contribution in [0.2, 0.25) is 0 Å². The second-order valence-corrected chi connectivity index (χ2v) is 5.92. The Kier molecular flexibility index (Phi) is 3.43. The number of nitrogens with zero attached hydrogens (tertiary/aromatic N) is 1. The van der Waals surface area contributed by atoms with Crippen molar-refractivity contribution in [2.45, 2.75) is 45.7 Å². The van der Waals surface area contributed by atoms with Gasteiger partial charge < -0.3 is 10.2 Å². The zero-order valence-electron chi connectivity index (χ0n) is 11.5. The lowest BCUT2D eigenvalue weighted by Gasteiger charge is -2.35. The molecular formula is C15H24N2. The van der Waals surface area contributed by atoms with Gasteiger partial charge in [-0.1, -0.05) is 12.1 Å². The number of hydrogen-bond donors (Lipinski definition) is 1. The van der Waals surface area contributed by atoms with Gasteiger partial charge in [0.05, 0.1) is 0 Å².